The first-order valence-electron chi connectivity index (χ1n) is 24.4. The standard InChI is InChI=1S/C54H37BN2/c1-54(2,3)32-28-41-39-30-43-35-20-10-12-26-47(35)56(33-16-6-4-7-17-33)52(43)37-22-14-24-45(49(37)39)55-46-25-15-23-38-50(46)40(42(29-32)51(41)55)31-44-36-21-11-13-27-48(36)57(53(38)44)34-18-8-5-9-19-34/h4-31H,1-3H3/i4D,5D,6D,7D,8D,9D,16D,17D,18D,19D. The minimum atomic E-state index is -0.442. The Balaban J connectivity index is 1.22. The third-order valence-corrected chi connectivity index (χ3v) is 12.6. The van der Waals surface area contributed by atoms with Crippen molar-refractivity contribution in [2.75, 3.05) is 0 Å². The van der Waals surface area contributed by atoms with Crippen molar-refractivity contribution in [3.63, 3.8) is 0 Å². The van der Waals surface area contributed by atoms with Crippen LogP contribution in [0.15, 0.2) is 170 Å². The third-order valence-electron chi connectivity index (χ3n) is 12.6. The Bertz CT molecular complexity index is 3850. The normalized spacial score (nSPS) is 15.6. The van der Waals surface area contributed by atoms with Gasteiger partial charge in [0.2, 0.25) is 6.71 Å². The summed E-state index contributed by atoms with van der Waals surface area (Å²) >= 11 is 0. The maximum absolute atomic E-state index is 9.18. The van der Waals surface area contributed by atoms with E-state index in [0.29, 0.717) is 0 Å². The Kier molecular flexibility index (Phi) is 4.46. The van der Waals surface area contributed by atoms with E-state index in [1.165, 1.54) is 5.46 Å². The molecule has 2 aliphatic heterocycles. The van der Waals surface area contributed by atoms with Crippen LogP contribution < -0.4 is 16.4 Å². The van der Waals surface area contributed by atoms with Gasteiger partial charge >= 0.3 is 0 Å². The molecule has 0 N–H and O–H groups in total. The molecule has 0 radical (unpaired) electrons. The SMILES string of the molecule is [2H]c1c([2H])c([2H])c(-n2c3ccccc3c3cc4c5c(cccc5c32)B2c3c-4cc(C(C)(C)C)cc3-c3cc4c5ccccc5n(-c5c([2H])c([2H])c([2H])c([2H])c5[2H])c4c4cccc2c34)c([2H])c1[2H]. The van der Waals surface area contributed by atoms with Gasteiger partial charge in [-0.2, -0.15) is 0 Å². The zero-order valence-corrected chi connectivity index (χ0v) is 31.4. The van der Waals surface area contributed by atoms with E-state index in [1.807, 2.05) is 57.7 Å². The van der Waals surface area contributed by atoms with Gasteiger partial charge in [0.05, 0.1) is 35.8 Å². The first-order valence-corrected chi connectivity index (χ1v) is 19.4. The highest BCUT2D eigenvalue weighted by Gasteiger charge is 2.40. The van der Waals surface area contributed by atoms with Gasteiger partial charge in [0.25, 0.3) is 0 Å². The summed E-state index contributed by atoms with van der Waals surface area (Å²) in [4.78, 5) is 0. The first kappa shape index (κ1) is 23.3. The second-order valence-electron chi connectivity index (χ2n) is 16.5. The monoisotopic (exact) mass is 734 g/mol. The largest absolute Gasteiger partial charge is 0.309 e. The van der Waals surface area contributed by atoms with Gasteiger partial charge in [0.15, 0.2) is 0 Å². The maximum Gasteiger partial charge on any atom is 0.244 e. The van der Waals surface area contributed by atoms with E-state index in [-0.39, 0.29) is 47.7 Å². The lowest BCUT2D eigenvalue weighted by molar-refractivity contribution is 0.591. The van der Waals surface area contributed by atoms with E-state index < -0.39 is 36.3 Å². The van der Waals surface area contributed by atoms with Crippen molar-refractivity contribution in [3.05, 3.63) is 175 Å². The minimum Gasteiger partial charge on any atom is -0.309 e. The van der Waals surface area contributed by atoms with Gasteiger partial charge in [0, 0.05) is 43.7 Å². The van der Waals surface area contributed by atoms with Crippen LogP contribution in [0.1, 0.15) is 40.0 Å². The second kappa shape index (κ2) is 10.9. The molecule has 0 amide bonds. The highest BCUT2D eigenvalue weighted by Crippen LogP contribution is 2.47. The van der Waals surface area contributed by atoms with E-state index in [4.69, 9.17) is 8.22 Å². The third kappa shape index (κ3) is 4.01. The molecule has 2 nitrogen and oxygen atoms in total. The summed E-state index contributed by atoms with van der Waals surface area (Å²) in [5, 5.41) is 7.48. The molecule has 3 heteroatoms. The molecule has 13 rings (SSSR count). The smallest absolute Gasteiger partial charge is 0.244 e. The fourth-order valence-corrected chi connectivity index (χ4v) is 10.3. The molecule has 0 saturated carbocycles. The molecule has 0 spiro atoms. The first-order chi connectivity index (χ1) is 32.1. The Labute approximate surface area is 345 Å². The Hall–Kier alpha value is -6.84. The summed E-state index contributed by atoms with van der Waals surface area (Å²) in [7, 11) is 0. The number of para-hydroxylation sites is 4. The molecule has 4 heterocycles. The summed E-state index contributed by atoms with van der Waals surface area (Å²) in [5.74, 6) is 0. The average Bonchev–Trinajstić information content (AvgIpc) is 3.83. The molecule has 9 aromatic carbocycles. The van der Waals surface area contributed by atoms with Crippen molar-refractivity contribution in [1.82, 2.24) is 9.13 Å². The van der Waals surface area contributed by atoms with Crippen molar-refractivity contribution in [3.8, 4) is 33.6 Å². The minimum absolute atomic E-state index is 0.0984. The summed E-state index contributed by atoms with van der Waals surface area (Å²) in [6, 6.07) is 34.1. The topological polar surface area (TPSA) is 9.86 Å². The Morgan fingerprint density at radius 1 is 0.456 bits per heavy atom. The molecule has 0 saturated heterocycles. The predicted octanol–water partition coefficient (Wildman–Crippen LogP) is 12.0. The summed E-state index contributed by atoms with van der Waals surface area (Å²) in [6.07, 6.45) is 0. The average molecular weight is 735 g/mol. The van der Waals surface area contributed by atoms with Crippen molar-refractivity contribution in [1.29, 1.82) is 0 Å². The summed E-state index contributed by atoms with van der Waals surface area (Å²) < 4.78 is 92.1. The van der Waals surface area contributed by atoms with E-state index in [2.05, 4.69) is 81.4 Å². The number of fused-ring (bicyclic) bond motifs is 12. The lowest BCUT2D eigenvalue weighted by Crippen LogP contribution is -2.57. The molecule has 11 aromatic rings. The highest BCUT2D eigenvalue weighted by atomic mass is 15.0. The van der Waals surface area contributed by atoms with Crippen LogP contribution in [0.25, 0.3) is 98.8 Å². The lowest BCUT2D eigenvalue weighted by Gasteiger charge is -2.36. The van der Waals surface area contributed by atoms with Crippen LogP contribution in [0.3, 0.4) is 0 Å². The van der Waals surface area contributed by atoms with Crippen molar-refractivity contribution in [2.24, 2.45) is 0 Å². The van der Waals surface area contributed by atoms with Crippen molar-refractivity contribution >= 4 is 88.3 Å². The molecule has 0 bridgehead atoms. The number of hydrogen-bond acceptors (Lipinski definition) is 0. The van der Waals surface area contributed by atoms with Crippen LogP contribution in [0.2, 0.25) is 0 Å². The highest BCUT2D eigenvalue weighted by molar-refractivity contribution is 7.01. The van der Waals surface area contributed by atoms with E-state index in [1.54, 1.807) is 0 Å². The van der Waals surface area contributed by atoms with Gasteiger partial charge in [-0.25, -0.2) is 0 Å². The van der Waals surface area contributed by atoms with Crippen molar-refractivity contribution in [2.45, 2.75) is 26.2 Å². The number of rotatable bonds is 2. The summed E-state index contributed by atoms with van der Waals surface area (Å²) in [5.41, 5.74) is 11.8. The second-order valence-corrected chi connectivity index (χ2v) is 16.5. The van der Waals surface area contributed by atoms with Crippen LogP contribution >= 0.6 is 0 Å². The van der Waals surface area contributed by atoms with Crippen LogP contribution in [0, 0.1) is 0 Å². The van der Waals surface area contributed by atoms with Gasteiger partial charge in [-0.3, -0.25) is 0 Å². The van der Waals surface area contributed by atoms with E-state index in [0.717, 1.165) is 104 Å². The van der Waals surface area contributed by atoms with Crippen LogP contribution in [-0.2, 0) is 5.41 Å². The molecule has 266 valence electrons. The van der Waals surface area contributed by atoms with Crippen LogP contribution in [0.5, 0.6) is 0 Å². The van der Waals surface area contributed by atoms with Gasteiger partial charge < -0.3 is 9.13 Å². The van der Waals surface area contributed by atoms with Gasteiger partial charge in [-0.1, -0.05) is 158 Å². The number of benzene rings is 9. The van der Waals surface area contributed by atoms with Gasteiger partial charge in [-0.15, -0.1) is 0 Å². The Morgan fingerprint density at radius 2 is 0.895 bits per heavy atom. The van der Waals surface area contributed by atoms with E-state index in [9.17, 15) is 5.48 Å². The summed E-state index contributed by atoms with van der Waals surface area (Å²) in [6.45, 7) is 6.43. The maximum atomic E-state index is 9.18. The quantitative estimate of drug-likeness (QED) is 0.157. The fraction of sp³-hybridized carbons (Fsp3) is 0.0741. The van der Waals surface area contributed by atoms with Crippen LogP contribution in [-0.4, -0.2) is 15.8 Å². The zero-order chi connectivity index (χ0) is 46.4. The molecule has 0 aliphatic carbocycles. The van der Waals surface area contributed by atoms with Crippen LogP contribution in [0.4, 0.5) is 0 Å². The molecule has 0 fully saturated rings. The molecule has 0 atom stereocenters. The van der Waals surface area contributed by atoms with Gasteiger partial charge in [-0.05, 0) is 92.4 Å². The zero-order valence-electron chi connectivity index (χ0n) is 41.4. The predicted molar refractivity (Wildman–Crippen MR) is 244 cm³/mol. The Morgan fingerprint density at radius 3 is 1.35 bits per heavy atom. The molecule has 57 heavy (non-hydrogen) atoms. The number of nitrogens with zero attached hydrogens (tertiary/aromatic N) is 2. The fourth-order valence-electron chi connectivity index (χ4n) is 10.3. The molecule has 2 aromatic heterocycles. The number of hydrogen-bond donors (Lipinski definition) is 0. The van der Waals surface area contributed by atoms with Crippen molar-refractivity contribution < 1.29 is 13.7 Å². The molecule has 2 aliphatic rings. The van der Waals surface area contributed by atoms with E-state index >= 15 is 0 Å². The molecule has 0 unspecified atom stereocenters. The lowest BCUT2D eigenvalue weighted by atomic mass is 9.31. The molecular formula is C54H37BN2. The van der Waals surface area contributed by atoms with Gasteiger partial charge in [0.1, 0.15) is 0 Å². The molecular weight excluding hydrogens is 687 g/mol. The number of aromatic nitrogens is 2.